The Morgan fingerprint density at radius 3 is 2.07 bits per heavy atom. The van der Waals surface area contributed by atoms with Crippen LogP contribution >= 0.6 is 28.7 Å². The second-order valence-electron chi connectivity index (χ2n) is 2.66. The Morgan fingerprint density at radius 1 is 1.21 bits per heavy atom. The fourth-order valence-corrected chi connectivity index (χ4v) is 1.55. The molecule has 0 heterocycles. The van der Waals surface area contributed by atoms with E-state index < -0.39 is 12.2 Å². The van der Waals surface area contributed by atoms with Gasteiger partial charge in [0, 0.05) is 4.47 Å². The lowest BCUT2D eigenvalue weighted by Gasteiger charge is -2.19. The maximum atomic E-state index is 12.4. The van der Waals surface area contributed by atoms with Crippen LogP contribution in [0.1, 0.15) is 11.6 Å². The van der Waals surface area contributed by atoms with Crippen molar-refractivity contribution in [2.75, 3.05) is 0 Å². The lowest BCUT2D eigenvalue weighted by molar-refractivity contribution is -0.152. The van der Waals surface area contributed by atoms with E-state index in [0.29, 0.717) is 0 Å². The van der Waals surface area contributed by atoms with Crippen LogP contribution < -0.4 is 4.72 Å². The van der Waals surface area contributed by atoms with Crippen LogP contribution in [0.2, 0.25) is 0 Å². The third kappa shape index (κ3) is 2.90. The van der Waals surface area contributed by atoms with Gasteiger partial charge in [-0.05, 0) is 17.7 Å². The summed E-state index contributed by atoms with van der Waals surface area (Å²) < 4.78 is 39.8. The van der Waals surface area contributed by atoms with Gasteiger partial charge in [-0.15, -0.1) is 0 Å². The van der Waals surface area contributed by atoms with E-state index in [2.05, 4.69) is 28.7 Å². The molecule has 1 N–H and O–H groups in total. The van der Waals surface area contributed by atoms with E-state index in [4.69, 9.17) is 0 Å². The topological polar surface area (TPSA) is 12.0 Å². The molecule has 0 bridgehead atoms. The molecule has 0 aliphatic carbocycles. The van der Waals surface area contributed by atoms with Crippen molar-refractivity contribution >= 4 is 28.7 Å². The van der Waals surface area contributed by atoms with Crippen molar-refractivity contribution in [3.8, 4) is 0 Å². The number of hydrogen-bond donors (Lipinski definition) is 2. The Morgan fingerprint density at radius 2 is 1.71 bits per heavy atom. The summed E-state index contributed by atoms with van der Waals surface area (Å²) in [6.45, 7) is 0. The second-order valence-corrected chi connectivity index (χ2v) is 3.83. The van der Waals surface area contributed by atoms with E-state index in [1.807, 2.05) is 4.72 Å². The molecule has 78 valence electrons. The third-order valence-corrected chi connectivity index (χ3v) is 2.45. The molecule has 0 saturated heterocycles. The molecule has 0 fully saturated rings. The lowest BCUT2D eigenvalue weighted by atomic mass is 10.1. The number of rotatable bonds is 2. The molecular formula is C8H7BrF3NS. The first-order chi connectivity index (χ1) is 6.45. The first-order valence-corrected chi connectivity index (χ1v) is 4.91. The average Bonchev–Trinajstić information content (AvgIpc) is 2.07. The smallest absolute Gasteiger partial charge is 0.251 e. The zero-order chi connectivity index (χ0) is 10.8. The highest BCUT2D eigenvalue weighted by Gasteiger charge is 2.39. The molecule has 1 unspecified atom stereocenters. The van der Waals surface area contributed by atoms with Crippen LogP contribution in [-0.4, -0.2) is 6.18 Å². The maximum absolute atomic E-state index is 12.4. The Labute approximate surface area is 93.4 Å². The van der Waals surface area contributed by atoms with Crippen molar-refractivity contribution in [1.29, 1.82) is 0 Å². The summed E-state index contributed by atoms with van der Waals surface area (Å²) in [5, 5.41) is 0. The highest BCUT2D eigenvalue weighted by atomic mass is 79.9. The largest absolute Gasteiger partial charge is 0.408 e. The van der Waals surface area contributed by atoms with Crippen molar-refractivity contribution in [3.05, 3.63) is 34.3 Å². The minimum atomic E-state index is -4.34. The summed E-state index contributed by atoms with van der Waals surface area (Å²) in [7, 11) is 0. The molecule has 1 rings (SSSR count). The molecule has 6 heteroatoms. The number of nitrogens with one attached hydrogen (secondary N) is 1. The van der Waals surface area contributed by atoms with Gasteiger partial charge in [-0.25, -0.2) is 0 Å². The van der Waals surface area contributed by atoms with Crippen LogP contribution in [0.25, 0.3) is 0 Å². The van der Waals surface area contributed by atoms with Crippen molar-refractivity contribution < 1.29 is 13.2 Å². The summed E-state index contributed by atoms with van der Waals surface area (Å²) in [6, 6.07) is 4.16. The van der Waals surface area contributed by atoms with Gasteiger partial charge in [-0.1, -0.05) is 40.9 Å². The molecule has 1 atom stereocenters. The van der Waals surface area contributed by atoms with Gasteiger partial charge in [-0.2, -0.15) is 13.2 Å². The first-order valence-electron chi connectivity index (χ1n) is 3.67. The van der Waals surface area contributed by atoms with Crippen LogP contribution in [-0.2, 0) is 0 Å². The van der Waals surface area contributed by atoms with Gasteiger partial charge in [0.1, 0.15) is 6.04 Å². The van der Waals surface area contributed by atoms with Crippen molar-refractivity contribution in [2.45, 2.75) is 12.2 Å². The Balaban J connectivity index is 2.96. The van der Waals surface area contributed by atoms with Crippen molar-refractivity contribution in [2.24, 2.45) is 0 Å². The summed E-state index contributed by atoms with van der Waals surface area (Å²) >= 11 is 6.61. The highest BCUT2D eigenvalue weighted by Crippen LogP contribution is 2.33. The van der Waals surface area contributed by atoms with Gasteiger partial charge in [0.15, 0.2) is 0 Å². The number of hydrogen-bond acceptors (Lipinski definition) is 2. The van der Waals surface area contributed by atoms with E-state index in [0.717, 1.165) is 4.47 Å². The van der Waals surface area contributed by atoms with Gasteiger partial charge in [-0.3, -0.25) is 4.72 Å². The monoisotopic (exact) mass is 285 g/mol. The van der Waals surface area contributed by atoms with Crippen LogP contribution in [0.4, 0.5) is 13.2 Å². The molecule has 1 aromatic carbocycles. The average molecular weight is 286 g/mol. The molecule has 1 nitrogen and oxygen atoms in total. The van der Waals surface area contributed by atoms with Crippen molar-refractivity contribution in [3.63, 3.8) is 0 Å². The van der Waals surface area contributed by atoms with E-state index >= 15 is 0 Å². The molecule has 0 aliphatic rings. The number of thiol groups is 1. The zero-order valence-electron chi connectivity index (χ0n) is 6.85. The Bertz CT molecular complexity index is 298. The first kappa shape index (κ1) is 11.9. The van der Waals surface area contributed by atoms with Crippen LogP contribution in [0.5, 0.6) is 0 Å². The van der Waals surface area contributed by atoms with Crippen LogP contribution in [0.3, 0.4) is 0 Å². The Hall–Kier alpha value is -0.200. The predicted octanol–water partition coefficient (Wildman–Crippen LogP) is 3.49. The van der Waals surface area contributed by atoms with E-state index in [1.165, 1.54) is 12.1 Å². The minimum absolute atomic E-state index is 0.135. The summed E-state index contributed by atoms with van der Waals surface area (Å²) in [6.07, 6.45) is -4.34. The van der Waals surface area contributed by atoms with Gasteiger partial charge < -0.3 is 0 Å². The summed E-state index contributed by atoms with van der Waals surface area (Å²) in [5.41, 5.74) is 0.135. The van der Waals surface area contributed by atoms with E-state index in [-0.39, 0.29) is 5.56 Å². The molecule has 0 aliphatic heterocycles. The second kappa shape index (κ2) is 4.55. The predicted molar refractivity (Wildman–Crippen MR) is 55.1 cm³/mol. The van der Waals surface area contributed by atoms with Gasteiger partial charge in [0.2, 0.25) is 0 Å². The molecule has 0 aromatic heterocycles. The van der Waals surface area contributed by atoms with E-state index in [9.17, 15) is 13.2 Å². The third-order valence-electron chi connectivity index (χ3n) is 1.66. The molecule has 14 heavy (non-hydrogen) atoms. The van der Waals surface area contributed by atoms with Gasteiger partial charge in [0.05, 0.1) is 0 Å². The van der Waals surface area contributed by atoms with Crippen LogP contribution in [0.15, 0.2) is 28.7 Å². The molecule has 0 radical (unpaired) electrons. The van der Waals surface area contributed by atoms with Crippen LogP contribution in [0, 0.1) is 0 Å². The van der Waals surface area contributed by atoms with Crippen molar-refractivity contribution in [1.82, 2.24) is 4.72 Å². The quantitative estimate of drug-likeness (QED) is 0.793. The maximum Gasteiger partial charge on any atom is 0.408 e. The standard InChI is InChI=1S/C8H7BrF3NS/c9-6-3-1-5(2-4-6)7(13-14)8(10,11)12/h1-4,7,13-14H. The molecule has 0 saturated carbocycles. The highest BCUT2D eigenvalue weighted by molar-refractivity contribution is 9.10. The minimum Gasteiger partial charge on any atom is -0.251 e. The van der Waals surface area contributed by atoms with Gasteiger partial charge in [0.25, 0.3) is 0 Å². The number of benzene rings is 1. The normalized spacial score (nSPS) is 14.1. The molecule has 0 amide bonds. The lowest BCUT2D eigenvalue weighted by Crippen LogP contribution is -2.28. The zero-order valence-corrected chi connectivity index (χ0v) is 9.33. The molecular weight excluding hydrogens is 279 g/mol. The summed E-state index contributed by atoms with van der Waals surface area (Å²) in [4.78, 5) is 0. The fraction of sp³-hybridized carbons (Fsp3) is 0.250. The van der Waals surface area contributed by atoms with Gasteiger partial charge >= 0.3 is 6.18 Å². The number of halogens is 4. The fourth-order valence-electron chi connectivity index (χ4n) is 0.992. The summed E-state index contributed by atoms with van der Waals surface area (Å²) in [5.74, 6) is 0. The van der Waals surface area contributed by atoms with E-state index in [1.54, 1.807) is 12.1 Å². The molecule has 0 spiro atoms. The Kier molecular flexibility index (Phi) is 3.86. The molecule has 1 aromatic rings. The number of alkyl halides is 3. The SMILES string of the molecule is FC(F)(F)C(NS)c1ccc(Br)cc1.